The van der Waals surface area contributed by atoms with Crippen molar-refractivity contribution in [2.45, 2.75) is 6.04 Å². The summed E-state index contributed by atoms with van der Waals surface area (Å²) in [5, 5.41) is 16.2. The Morgan fingerprint density at radius 3 is 2.64 bits per heavy atom. The van der Waals surface area contributed by atoms with Crippen LogP contribution >= 0.6 is 0 Å². The number of hydrogen-bond donors (Lipinski definition) is 2. The number of anilines is 2. The third-order valence-electron chi connectivity index (χ3n) is 3.93. The quantitative estimate of drug-likeness (QED) is 0.832. The van der Waals surface area contributed by atoms with E-state index in [1.165, 1.54) is 35.1 Å². The summed E-state index contributed by atoms with van der Waals surface area (Å²) >= 11 is 0. The number of aromatic nitrogens is 2. The minimum absolute atomic E-state index is 0.0466. The molecule has 1 saturated heterocycles. The van der Waals surface area contributed by atoms with Crippen LogP contribution in [0.3, 0.4) is 0 Å². The monoisotopic (exact) mass is 363 g/mol. The van der Waals surface area contributed by atoms with Gasteiger partial charge in [0.25, 0.3) is 5.91 Å². The van der Waals surface area contributed by atoms with E-state index in [-0.39, 0.29) is 22.9 Å². The normalized spacial score (nSPS) is 21.6. The molecule has 2 aromatic rings. The van der Waals surface area contributed by atoms with E-state index in [9.17, 15) is 22.9 Å². The van der Waals surface area contributed by atoms with E-state index in [2.05, 4.69) is 10.4 Å². The summed E-state index contributed by atoms with van der Waals surface area (Å²) in [6.45, 7) is 0. The molecule has 130 valence electrons. The topological polar surface area (TPSA) is 131 Å². The third-order valence-corrected chi connectivity index (χ3v) is 5.65. The van der Waals surface area contributed by atoms with Crippen LogP contribution in [0.1, 0.15) is 16.4 Å². The van der Waals surface area contributed by atoms with E-state index < -0.39 is 33.5 Å². The number of benzene rings is 1. The van der Waals surface area contributed by atoms with E-state index in [1.807, 2.05) is 6.07 Å². The summed E-state index contributed by atoms with van der Waals surface area (Å²) in [5.41, 5.74) is 5.87. The molecule has 0 aliphatic carbocycles. The molecule has 10 heteroatoms. The molecule has 0 spiro atoms. The fourth-order valence-corrected chi connectivity index (χ4v) is 4.60. The van der Waals surface area contributed by atoms with Crippen molar-refractivity contribution in [2.75, 3.05) is 16.8 Å². The Kier molecular flexibility index (Phi) is 4.18. The molecule has 3 N–H and O–H groups in total. The van der Waals surface area contributed by atoms with Crippen LogP contribution in [0.2, 0.25) is 0 Å². The number of nitrogens with one attached hydrogen (secondary N) is 1. The Morgan fingerprint density at radius 1 is 1.36 bits per heavy atom. The largest absolute Gasteiger partial charge is 0.365 e. The summed E-state index contributed by atoms with van der Waals surface area (Å²) in [5.74, 6) is -2.31. The molecule has 0 saturated carbocycles. The maximum absolute atomic E-state index is 13.0. The third kappa shape index (κ3) is 3.46. The number of hydrogen-bond acceptors (Lipinski definition) is 6. The Morgan fingerprint density at radius 2 is 2.04 bits per heavy atom. The molecule has 0 unspecified atom stereocenters. The Balaban J connectivity index is 1.96. The predicted octanol–water partition coefficient (Wildman–Crippen LogP) is 0.974. The first-order chi connectivity index (χ1) is 11.8. The second-order valence-electron chi connectivity index (χ2n) is 5.75. The van der Waals surface area contributed by atoms with Gasteiger partial charge in [-0.2, -0.15) is 10.4 Å². The molecule has 1 aromatic carbocycles. The fourth-order valence-electron chi connectivity index (χ4n) is 2.72. The van der Waals surface area contributed by atoms with Crippen molar-refractivity contribution in [3.05, 3.63) is 41.8 Å². The van der Waals surface area contributed by atoms with Crippen molar-refractivity contribution in [3.63, 3.8) is 0 Å². The van der Waals surface area contributed by atoms with E-state index in [0.29, 0.717) is 5.69 Å². The molecule has 1 aliphatic heterocycles. The maximum Gasteiger partial charge on any atom is 0.254 e. The zero-order valence-corrected chi connectivity index (χ0v) is 13.7. The van der Waals surface area contributed by atoms with Gasteiger partial charge in [-0.3, -0.25) is 9.48 Å². The van der Waals surface area contributed by atoms with Gasteiger partial charge in [0.05, 0.1) is 29.5 Å². The van der Waals surface area contributed by atoms with Gasteiger partial charge >= 0.3 is 0 Å². The predicted molar refractivity (Wildman–Crippen MR) is 87.2 cm³/mol. The van der Waals surface area contributed by atoms with E-state index in [0.717, 1.165) is 0 Å². The van der Waals surface area contributed by atoms with Crippen LogP contribution in [0.25, 0.3) is 0 Å². The molecule has 1 fully saturated rings. The van der Waals surface area contributed by atoms with Gasteiger partial charge in [-0.05, 0) is 24.3 Å². The number of rotatable bonds is 4. The number of sulfone groups is 1. The van der Waals surface area contributed by atoms with Gasteiger partial charge in [-0.15, -0.1) is 0 Å². The molecule has 0 bridgehead atoms. The first-order valence-electron chi connectivity index (χ1n) is 7.30. The van der Waals surface area contributed by atoms with Gasteiger partial charge in [0, 0.05) is 11.9 Å². The number of nitriles is 1. The standard InChI is InChI=1S/C15H14FN5O3S/c16-10-1-3-11(4-2-10)19-15-12(14(18)22)6-21(20-15)13-8-25(23,24)7-9(13)5-17/h1-4,6,9,13H,7-8H2,(H2,18,22)(H,19,20)/t9-,13+/m1/s1. The van der Waals surface area contributed by atoms with Gasteiger partial charge in [0.2, 0.25) is 0 Å². The number of carbonyl (C=O) groups is 1. The van der Waals surface area contributed by atoms with Crippen LogP contribution in [0.5, 0.6) is 0 Å². The van der Waals surface area contributed by atoms with Crippen molar-refractivity contribution in [1.29, 1.82) is 5.26 Å². The lowest BCUT2D eigenvalue weighted by molar-refractivity contribution is 0.100. The summed E-state index contributed by atoms with van der Waals surface area (Å²) in [7, 11) is -3.35. The maximum atomic E-state index is 13.0. The number of amides is 1. The Bertz CT molecular complexity index is 962. The SMILES string of the molecule is N#C[C@@H]1CS(=O)(=O)C[C@@H]1n1cc(C(N)=O)c(Nc2ccc(F)cc2)n1. The molecular formula is C15H14FN5O3S. The number of carbonyl (C=O) groups excluding carboxylic acids is 1. The highest BCUT2D eigenvalue weighted by atomic mass is 32.2. The highest BCUT2D eigenvalue weighted by Gasteiger charge is 2.40. The Labute approximate surface area is 143 Å². The van der Waals surface area contributed by atoms with Gasteiger partial charge in [-0.25, -0.2) is 12.8 Å². The molecule has 1 amide bonds. The average Bonchev–Trinajstić information content (AvgIpc) is 3.10. The molecular weight excluding hydrogens is 349 g/mol. The van der Waals surface area contributed by atoms with Crippen molar-refractivity contribution in [1.82, 2.24) is 9.78 Å². The molecule has 0 radical (unpaired) electrons. The highest BCUT2D eigenvalue weighted by molar-refractivity contribution is 7.91. The second kappa shape index (κ2) is 6.18. The van der Waals surface area contributed by atoms with Crippen molar-refractivity contribution >= 4 is 27.2 Å². The molecule has 25 heavy (non-hydrogen) atoms. The molecule has 1 aliphatic rings. The lowest BCUT2D eigenvalue weighted by Crippen LogP contribution is -2.17. The van der Waals surface area contributed by atoms with E-state index in [1.54, 1.807) is 0 Å². The van der Waals surface area contributed by atoms with E-state index >= 15 is 0 Å². The smallest absolute Gasteiger partial charge is 0.254 e. The van der Waals surface area contributed by atoms with Crippen LogP contribution in [-0.4, -0.2) is 35.6 Å². The number of nitrogens with two attached hydrogens (primary N) is 1. The summed E-state index contributed by atoms with van der Waals surface area (Å²) in [6, 6.07) is 6.65. The van der Waals surface area contributed by atoms with Crippen LogP contribution in [0.15, 0.2) is 30.5 Å². The van der Waals surface area contributed by atoms with Crippen LogP contribution in [-0.2, 0) is 9.84 Å². The van der Waals surface area contributed by atoms with Crippen LogP contribution in [0, 0.1) is 23.1 Å². The molecule has 2 heterocycles. The second-order valence-corrected chi connectivity index (χ2v) is 7.90. The summed E-state index contributed by atoms with van der Waals surface area (Å²) < 4.78 is 37.9. The minimum atomic E-state index is -3.35. The van der Waals surface area contributed by atoms with Crippen molar-refractivity contribution < 1.29 is 17.6 Å². The molecule has 8 nitrogen and oxygen atoms in total. The van der Waals surface area contributed by atoms with Crippen molar-refractivity contribution in [3.8, 4) is 6.07 Å². The summed E-state index contributed by atoms with van der Waals surface area (Å²) in [6.07, 6.45) is 1.32. The zero-order chi connectivity index (χ0) is 18.2. The zero-order valence-electron chi connectivity index (χ0n) is 12.9. The van der Waals surface area contributed by atoms with Crippen LogP contribution < -0.4 is 11.1 Å². The number of primary amides is 1. The average molecular weight is 363 g/mol. The number of nitrogens with zero attached hydrogens (tertiary/aromatic N) is 3. The summed E-state index contributed by atoms with van der Waals surface area (Å²) in [4.78, 5) is 11.7. The Hall–Kier alpha value is -2.93. The first-order valence-corrected chi connectivity index (χ1v) is 9.13. The number of halogens is 1. The van der Waals surface area contributed by atoms with Gasteiger partial charge in [0.15, 0.2) is 15.7 Å². The van der Waals surface area contributed by atoms with Crippen LogP contribution in [0.4, 0.5) is 15.9 Å². The van der Waals surface area contributed by atoms with Crippen molar-refractivity contribution in [2.24, 2.45) is 11.7 Å². The fraction of sp³-hybridized carbons (Fsp3) is 0.267. The molecule has 3 rings (SSSR count). The highest BCUT2D eigenvalue weighted by Crippen LogP contribution is 2.31. The van der Waals surface area contributed by atoms with Gasteiger partial charge in [0.1, 0.15) is 11.4 Å². The lowest BCUT2D eigenvalue weighted by Gasteiger charge is -2.11. The van der Waals surface area contributed by atoms with Gasteiger partial charge in [-0.1, -0.05) is 0 Å². The lowest BCUT2D eigenvalue weighted by atomic mass is 10.1. The minimum Gasteiger partial charge on any atom is -0.365 e. The van der Waals surface area contributed by atoms with E-state index in [4.69, 9.17) is 5.73 Å². The molecule has 1 aromatic heterocycles. The van der Waals surface area contributed by atoms with Gasteiger partial charge < -0.3 is 11.1 Å². The molecule has 2 atom stereocenters. The first kappa shape index (κ1) is 16.9.